The van der Waals surface area contributed by atoms with E-state index in [1.165, 1.54) is 29.0 Å². The van der Waals surface area contributed by atoms with E-state index in [2.05, 4.69) is 61.3 Å². The molecule has 27 heavy (non-hydrogen) atoms. The lowest BCUT2D eigenvalue weighted by atomic mass is 9.88. The predicted octanol–water partition coefficient (Wildman–Crippen LogP) is 4.18. The van der Waals surface area contributed by atoms with Gasteiger partial charge in [0.25, 0.3) is 5.91 Å². The number of amides is 1. The van der Waals surface area contributed by atoms with E-state index in [-0.39, 0.29) is 17.2 Å². The first kappa shape index (κ1) is 18.7. The fourth-order valence-corrected chi connectivity index (χ4v) is 3.60. The zero-order valence-electron chi connectivity index (χ0n) is 16.2. The number of allylic oxidation sites excluding steroid dienone is 1. The first-order valence-electron chi connectivity index (χ1n) is 9.06. The van der Waals surface area contributed by atoms with Crippen LogP contribution in [0.4, 0.5) is 5.69 Å². The van der Waals surface area contributed by atoms with Crippen molar-refractivity contribution in [3.63, 3.8) is 0 Å². The van der Waals surface area contributed by atoms with E-state index < -0.39 is 0 Å². The number of carbonyl (C=O) groups excluding carboxylic acids is 1. The molecule has 1 aliphatic heterocycles. The number of phenols is 1. The summed E-state index contributed by atoms with van der Waals surface area (Å²) < 4.78 is 0. The highest BCUT2D eigenvalue weighted by atomic mass is 16.3. The Morgan fingerprint density at radius 1 is 1.22 bits per heavy atom. The Morgan fingerprint density at radius 2 is 1.93 bits per heavy atom. The molecule has 0 radical (unpaired) electrons. The van der Waals surface area contributed by atoms with Gasteiger partial charge in [0.15, 0.2) is 0 Å². The van der Waals surface area contributed by atoms with Gasteiger partial charge in [0.1, 0.15) is 5.75 Å². The second-order valence-electron chi connectivity index (χ2n) is 7.25. The zero-order chi connectivity index (χ0) is 19.6. The summed E-state index contributed by atoms with van der Waals surface area (Å²) in [6, 6.07) is 12.3. The summed E-state index contributed by atoms with van der Waals surface area (Å²) in [7, 11) is 0. The van der Waals surface area contributed by atoms with Crippen LogP contribution >= 0.6 is 0 Å². The molecular weight excluding hydrogens is 338 g/mol. The average molecular weight is 363 g/mol. The molecule has 1 aliphatic rings. The van der Waals surface area contributed by atoms with Gasteiger partial charge in [-0.2, -0.15) is 5.10 Å². The quantitative estimate of drug-likeness (QED) is 0.633. The first-order chi connectivity index (χ1) is 12.8. The van der Waals surface area contributed by atoms with Gasteiger partial charge in [-0.3, -0.25) is 4.79 Å². The van der Waals surface area contributed by atoms with Crippen molar-refractivity contribution < 1.29 is 9.90 Å². The van der Waals surface area contributed by atoms with Crippen molar-refractivity contribution in [1.29, 1.82) is 0 Å². The molecule has 0 fully saturated rings. The van der Waals surface area contributed by atoms with E-state index in [1.54, 1.807) is 18.3 Å². The predicted molar refractivity (Wildman–Crippen MR) is 110 cm³/mol. The zero-order valence-corrected chi connectivity index (χ0v) is 16.2. The summed E-state index contributed by atoms with van der Waals surface area (Å²) in [6.07, 6.45) is 3.92. The molecule has 5 heteroatoms. The van der Waals surface area contributed by atoms with Crippen LogP contribution in [0.25, 0.3) is 5.57 Å². The Bertz CT molecular complexity index is 912. The number of phenolic OH excluding ortho intramolecular Hbond substituents is 1. The van der Waals surface area contributed by atoms with Gasteiger partial charge in [-0.05, 0) is 75.2 Å². The van der Waals surface area contributed by atoms with Crippen LogP contribution in [0.15, 0.2) is 53.6 Å². The number of nitrogens with one attached hydrogen (secondary N) is 1. The van der Waals surface area contributed by atoms with Gasteiger partial charge < -0.3 is 10.0 Å². The van der Waals surface area contributed by atoms with E-state index >= 15 is 0 Å². The molecule has 0 unspecified atom stereocenters. The number of hydrogen-bond acceptors (Lipinski definition) is 4. The van der Waals surface area contributed by atoms with Crippen LogP contribution in [-0.2, 0) is 0 Å². The Labute approximate surface area is 160 Å². The van der Waals surface area contributed by atoms with Gasteiger partial charge in [-0.25, -0.2) is 5.43 Å². The molecule has 2 aromatic carbocycles. The standard InChI is InChI=1S/C22H25N3O2/c1-5-25-20-11-6-16(12-19(20)15(2)13-22(25,3)4)14-23-24-21(27)17-7-9-18(26)10-8-17/h6-14,26H,5H2,1-4H3,(H,24,27)/b23-14-. The van der Waals surface area contributed by atoms with E-state index in [9.17, 15) is 9.90 Å². The molecule has 0 atom stereocenters. The normalized spacial score (nSPS) is 15.4. The third-order valence-corrected chi connectivity index (χ3v) is 4.83. The van der Waals surface area contributed by atoms with Crippen LogP contribution < -0.4 is 10.3 Å². The Kier molecular flexibility index (Phi) is 5.04. The van der Waals surface area contributed by atoms with Crippen molar-refractivity contribution in [2.24, 2.45) is 5.10 Å². The maximum Gasteiger partial charge on any atom is 0.271 e. The number of fused-ring (bicyclic) bond motifs is 1. The van der Waals surface area contributed by atoms with Crippen LogP contribution in [0.2, 0.25) is 0 Å². The number of benzene rings is 2. The number of anilines is 1. The highest BCUT2D eigenvalue weighted by Crippen LogP contribution is 2.38. The second kappa shape index (κ2) is 7.27. The lowest BCUT2D eigenvalue weighted by molar-refractivity contribution is 0.0955. The second-order valence-corrected chi connectivity index (χ2v) is 7.25. The Balaban J connectivity index is 1.77. The molecule has 2 N–H and O–H groups in total. The van der Waals surface area contributed by atoms with Crippen LogP contribution in [0.3, 0.4) is 0 Å². The first-order valence-corrected chi connectivity index (χ1v) is 9.06. The van der Waals surface area contributed by atoms with Crippen molar-refractivity contribution in [1.82, 2.24) is 5.43 Å². The fraction of sp³-hybridized carbons (Fsp3) is 0.273. The topological polar surface area (TPSA) is 64.9 Å². The molecule has 1 amide bonds. The van der Waals surface area contributed by atoms with Crippen molar-refractivity contribution in [2.75, 3.05) is 11.4 Å². The monoisotopic (exact) mass is 363 g/mol. The lowest BCUT2D eigenvalue weighted by Gasteiger charge is -2.42. The number of hydrazone groups is 1. The van der Waals surface area contributed by atoms with Gasteiger partial charge in [0.2, 0.25) is 0 Å². The number of hydrogen-bond donors (Lipinski definition) is 2. The molecule has 0 bridgehead atoms. The van der Waals surface area contributed by atoms with E-state index in [4.69, 9.17) is 0 Å². The number of carbonyl (C=O) groups is 1. The molecule has 0 saturated carbocycles. The molecule has 1 heterocycles. The number of aromatic hydroxyl groups is 1. The summed E-state index contributed by atoms with van der Waals surface area (Å²) in [5.41, 5.74) is 7.50. The summed E-state index contributed by atoms with van der Waals surface area (Å²) in [6.45, 7) is 9.66. The molecule has 2 aromatic rings. The molecule has 0 saturated heterocycles. The van der Waals surface area contributed by atoms with Crippen molar-refractivity contribution in [3.8, 4) is 5.75 Å². The minimum Gasteiger partial charge on any atom is -0.508 e. The highest BCUT2D eigenvalue weighted by Gasteiger charge is 2.29. The highest BCUT2D eigenvalue weighted by molar-refractivity contribution is 5.95. The van der Waals surface area contributed by atoms with Crippen LogP contribution in [-0.4, -0.2) is 29.3 Å². The van der Waals surface area contributed by atoms with Crippen LogP contribution in [0, 0.1) is 0 Å². The van der Waals surface area contributed by atoms with Gasteiger partial charge in [-0.15, -0.1) is 0 Å². The smallest absolute Gasteiger partial charge is 0.271 e. The molecule has 0 aliphatic carbocycles. The van der Waals surface area contributed by atoms with Crippen molar-refractivity contribution in [2.45, 2.75) is 33.2 Å². The van der Waals surface area contributed by atoms with E-state index in [0.717, 1.165) is 12.1 Å². The summed E-state index contributed by atoms with van der Waals surface area (Å²) >= 11 is 0. The molecule has 3 rings (SSSR count). The van der Waals surface area contributed by atoms with Gasteiger partial charge in [-0.1, -0.05) is 12.1 Å². The van der Waals surface area contributed by atoms with E-state index in [0.29, 0.717) is 5.56 Å². The van der Waals surface area contributed by atoms with Crippen LogP contribution in [0.5, 0.6) is 5.75 Å². The number of nitrogens with zero attached hydrogens (tertiary/aromatic N) is 2. The van der Waals surface area contributed by atoms with Crippen molar-refractivity contribution >= 4 is 23.4 Å². The largest absolute Gasteiger partial charge is 0.508 e. The molecule has 0 aromatic heterocycles. The average Bonchev–Trinajstić information content (AvgIpc) is 2.62. The third kappa shape index (κ3) is 3.87. The Hall–Kier alpha value is -3.08. The SMILES string of the molecule is CCN1c2ccc(/C=N\NC(=O)c3ccc(O)cc3)cc2C(C)=CC1(C)C. The minimum absolute atomic E-state index is 0.0144. The van der Waals surface area contributed by atoms with Crippen molar-refractivity contribution in [3.05, 3.63) is 65.2 Å². The van der Waals surface area contributed by atoms with Gasteiger partial charge in [0, 0.05) is 23.4 Å². The number of likely N-dealkylation sites (N-methyl/N-ethyl adjacent to an activating group) is 1. The lowest BCUT2D eigenvalue weighted by Crippen LogP contribution is -2.44. The maximum atomic E-state index is 12.1. The number of rotatable bonds is 4. The molecule has 0 spiro atoms. The van der Waals surface area contributed by atoms with Crippen LogP contribution in [0.1, 0.15) is 49.2 Å². The van der Waals surface area contributed by atoms with Gasteiger partial charge in [0.05, 0.1) is 11.8 Å². The third-order valence-electron chi connectivity index (χ3n) is 4.83. The minimum atomic E-state index is -0.320. The maximum absolute atomic E-state index is 12.1. The molecule has 5 nitrogen and oxygen atoms in total. The van der Waals surface area contributed by atoms with E-state index in [1.807, 2.05) is 6.07 Å². The Morgan fingerprint density at radius 3 is 2.59 bits per heavy atom. The summed E-state index contributed by atoms with van der Waals surface area (Å²) in [5.74, 6) is -0.198. The molecule has 140 valence electrons. The molecular formula is C22H25N3O2. The fourth-order valence-electron chi connectivity index (χ4n) is 3.60. The summed E-state index contributed by atoms with van der Waals surface area (Å²) in [5, 5.41) is 13.3. The summed E-state index contributed by atoms with van der Waals surface area (Å²) in [4.78, 5) is 14.4. The van der Waals surface area contributed by atoms with Gasteiger partial charge >= 0.3 is 0 Å².